The molecule has 1 amide bonds. The lowest BCUT2D eigenvalue weighted by Gasteiger charge is -2.19. The first-order valence-electron chi connectivity index (χ1n) is 9.50. The Morgan fingerprint density at radius 3 is 2.70 bits per heavy atom. The van der Waals surface area contributed by atoms with Gasteiger partial charge in [0.15, 0.2) is 0 Å². The van der Waals surface area contributed by atoms with Crippen LogP contribution in [0.25, 0.3) is 10.9 Å². The molecule has 154 valence electrons. The van der Waals surface area contributed by atoms with E-state index in [1.54, 1.807) is 30.5 Å². The molecule has 1 aromatic heterocycles. The highest BCUT2D eigenvalue weighted by molar-refractivity contribution is 6.30. The Balaban J connectivity index is 1.56. The van der Waals surface area contributed by atoms with E-state index in [4.69, 9.17) is 21.1 Å². The molecule has 1 saturated heterocycles. The minimum atomic E-state index is -0.985. The van der Waals surface area contributed by atoms with Gasteiger partial charge in [0, 0.05) is 40.5 Å². The molecule has 0 aliphatic carbocycles. The molecule has 3 aromatic rings. The van der Waals surface area contributed by atoms with Gasteiger partial charge in [-0.15, -0.1) is 0 Å². The number of nitrogens with one attached hydrogen (secondary N) is 2. The molecule has 2 N–H and O–H groups in total. The predicted molar refractivity (Wildman–Crippen MR) is 110 cm³/mol. The lowest BCUT2D eigenvalue weighted by molar-refractivity contribution is -0.161. The number of rotatable bonds is 6. The van der Waals surface area contributed by atoms with E-state index in [1.165, 1.54) is 0 Å². The minimum Gasteiger partial charge on any atom is -0.463 e. The first-order chi connectivity index (χ1) is 14.5. The van der Waals surface area contributed by atoms with E-state index in [0.717, 1.165) is 16.5 Å². The van der Waals surface area contributed by atoms with Crippen LogP contribution in [0.1, 0.15) is 22.3 Å². The summed E-state index contributed by atoms with van der Waals surface area (Å²) in [6, 6.07) is 13.0. The molecule has 0 saturated carbocycles. The Labute approximate surface area is 177 Å². The van der Waals surface area contributed by atoms with Crippen molar-refractivity contribution in [2.75, 3.05) is 6.61 Å². The predicted octanol–water partition coefficient (Wildman–Crippen LogP) is 3.02. The maximum Gasteiger partial charge on any atom is 0.347 e. The van der Waals surface area contributed by atoms with Crippen molar-refractivity contribution in [3.63, 3.8) is 0 Å². The number of halogens is 1. The Morgan fingerprint density at radius 1 is 1.20 bits per heavy atom. The molecular formula is C22H19ClN2O5. The Kier molecular flexibility index (Phi) is 5.72. The summed E-state index contributed by atoms with van der Waals surface area (Å²) >= 11 is 5.88. The molecule has 7 nitrogen and oxygen atoms in total. The number of hydrogen-bond donors (Lipinski definition) is 2. The Hall–Kier alpha value is -3.32. The standard InChI is InChI=1S/C22H19ClN2O5/c23-15-7-5-13(6-8-15)20(26)25-18(21(27)30-19-9-10-29-22(19)28)11-14-12-24-17-4-2-1-3-16(14)17/h1-8,12,18-19,24H,9-11H2,(H,25,26). The maximum absolute atomic E-state index is 12.9. The molecule has 2 unspecified atom stereocenters. The number of amides is 1. The number of esters is 2. The summed E-state index contributed by atoms with van der Waals surface area (Å²) in [5.41, 5.74) is 2.12. The number of para-hydroxylation sites is 1. The number of aromatic amines is 1. The smallest absolute Gasteiger partial charge is 0.347 e. The molecule has 30 heavy (non-hydrogen) atoms. The van der Waals surface area contributed by atoms with Gasteiger partial charge in [-0.05, 0) is 35.9 Å². The molecule has 2 heterocycles. The van der Waals surface area contributed by atoms with Crippen molar-refractivity contribution in [2.24, 2.45) is 0 Å². The molecule has 0 radical (unpaired) electrons. The summed E-state index contributed by atoms with van der Waals surface area (Å²) in [6.07, 6.45) is 1.35. The van der Waals surface area contributed by atoms with Crippen molar-refractivity contribution < 1.29 is 23.9 Å². The van der Waals surface area contributed by atoms with Gasteiger partial charge in [0.25, 0.3) is 5.91 Å². The van der Waals surface area contributed by atoms with Gasteiger partial charge in [-0.25, -0.2) is 9.59 Å². The summed E-state index contributed by atoms with van der Waals surface area (Å²) in [6.45, 7) is 0.209. The van der Waals surface area contributed by atoms with E-state index >= 15 is 0 Å². The molecule has 1 fully saturated rings. The molecule has 2 aromatic carbocycles. The van der Waals surface area contributed by atoms with Crippen LogP contribution in [-0.2, 0) is 25.5 Å². The molecular weight excluding hydrogens is 408 g/mol. The number of benzene rings is 2. The van der Waals surface area contributed by atoms with Crippen molar-refractivity contribution in [2.45, 2.75) is 25.0 Å². The Morgan fingerprint density at radius 2 is 1.97 bits per heavy atom. The molecule has 0 bridgehead atoms. The van der Waals surface area contributed by atoms with Gasteiger partial charge in [-0.2, -0.15) is 0 Å². The molecule has 1 aliphatic heterocycles. The van der Waals surface area contributed by atoms with Crippen LogP contribution < -0.4 is 5.32 Å². The monoisotopic (exact) mass is 426 g/mol. The molecule has 1 aliphatic rings. The fourth-order valence-corrected chi connectivity index (χ4v) is 3.49. The fourth-order valence-electron chi connectivity index (χ4n) is 3.36. The summed E-state index contributed by atoms with van der Waals surface area (Å²) < 4.78 is 10.2. The fraction of sp³-hybridized carbons (Fsp3) is 0.227. The van der Waals surface area contributed by atoms with E-state index < -0.39 is 30.0 Å². The largest absolute Gasteiger partial charge is 0.463 e. The van der Waals surface area contributed by atoms with E-state index in [-0.39, 0.29) is 13.0 Å². The number of carbonyl (C=O) groups is 3. The van der Waals surface area contributed by atoms with Crippen LogP contribution in [0.4, 0.5) is 0 Å². The summed E-state index contributed by atoms with van der Waals surface area (Å²) in [7, 11) is 0. The molecule has 0 spiro atoms. The van der Waals surface area contributed by atoms with Crippen LogP contribution in [0, 0.1) is 0 Å². The SMILES string of the molecule is O=C(NC(Cc1c[nH]c2ccccc12)C(=O)OC1CCOC1=O)c1ccc(Cl)cc1. The van der Waals surface area contributed by atoms with Crippen LogP contribution in [0.2, 0.25) is 5.02 Å². The van der Waals surface area contributed by atoms with Crippen LogP contribution in [0.3, 0.4) is 0 Å². The van der Waals surface area contributed by atoms with Gasteiger partial charge in [0.1, 0.15) is 6.04 Å². The maximum atomic E-state index is 12.9. The number of cyclic esters (lactones) is 1. The van der Waals surface area contributed by atoms with Gasteiger partial charge in [0.2, 0.25) is 6.10 Å². The highest BCUT2D eigenvalue weighted by Crippen LogP contribution is 2.20. The second-order valence-electron chi connectivity index (χ2n) is 6.98. The van der Waals surface area contributed by atoms with Crippen LogP contribution in [0.5, 0.6) is 0 Å². The van der Waals surface area contributed by atoms with Crippen molar-refractivity contribution >= 4 is 40.3 Å². The third kappa shape index (κ3) is 4.31. The zero-order valence-corrected chi connectivity index (χ0v) is 16.6. The van der Waals surface area contributed by atoms with E-state index in [0.29, 0.717) is 17.0 Å². The van der Waals surface area contributed by atoms with E-state index in [1.807, 2.05) is 24.3 Å². The van der Waals surface area contributed by atoms with Crippen LogP contribution in [-0.4, -0.2) is 41.6 Å². The minimum absolute atomic E-state index is 0.198. The average Bonchev–Trinajstić information content (AvgIpc) is 3.34. The van der Waals surface area contributed by atoms with E-state index in [2.05, 4.69) is 10.3 Å². The number of ether oxygens (including phenoxy) is 2. The molecule has 4 rings (SSSR count). The lowest BCUT2D eigenvalue weighted by atomic mass is 10.0. The topological polar surface area (TPSA) is 97.5 Å². The third-order valence-electron chi connectivity index (χ3n) is 4.94. The number of fused-ring (bicyclic) bond motifs is 1. The highest BCUT2D eigenvalue weighted by Gasteiger charge is 2.33. The molecule has 8 heteroatoms. The molecule has 2 atom stereocenters. The van der Waals surface area contributed by atoms with Crippen molar-refractivity contribution in [3.05, 3.63) is 70.9 Å². The van der Waals surface area contributed by atoms with Crippen LogP contribution >= 0.6 is 11.6 Å². The number of aromatic nitrogens is 1. The first-order valence-corrected chi connectivity index (χ1v) is 9.87. The van der Waals surface area contributed by atoms with Crippen molar-refractivity contribution in [3.8, 4) is 0 Å². The van der Waals surface area contributed by atoms with Crippen LogP contribution in [0.15, 0.2) is 54.7 Å². The normalized spacial score (nSPS) is 16.8. The van der Waals surface area contributed by atoms with Gasteiger partial charge >= 0.3 is 11.9 Å². The first kappa shape index (κ1) is 20.0. The number of carbonyl (C=O) groups excluding carboxylic acids is 3. The Bertz CT molecular complexity index is 1090. The summed E-state index contributed by atoms with van der Waals surface area (Å²) in [4.78, 5) is 40.4. The average molecular weight is 427 g/mol. The summed E-state index contributed by atoms with van der Waals surface area (Å²) in [5.74, 6) is -1.70. The summed E-state index contributed by atoms with van der Waals surface area (Å²) in [5, 5.41) is 4.16. The van der Waals surface area contributed by atoms with E-state index in [9.17, 15) is 14.4 Å². The second kappa shape index (κ2) is 8.59. The quantitative estimate of drug-likeness (QED) is 0.590. The number of hydrogen-bond acceptors (Lipinski definition) is 5. The highest BCUT2D eigenvalue weighted by atomic mass is 35.5. The van der Waals surface area contributed by atoms with Gasteiger partial charge < -0.3 is 19.8 Å². The zero-order chi connectivity index (χ0) is 21.1. The van der Waals surface area contributed by atoms with Crippen molar-refractivity contribution in [1.82, 2.24) is 10.3 Å². The number of H-pyrrole nitrogens is 1. The van der Waals surface area contributed by atoms with Gasteiger partial charge in [0.05, 0.1) is 6.61 Å². The van der Waals surface area contributed by atoms with Gasteiger partial charge in [-0.3, -0.25) is 4.79 Å². The lowest BCUT2D eigenvalue weighted by Crippen LogP contribution is -2.45. The zero-order valence-electron chi connectivity index (χ0n) is 15.9. The second-order valence-corrected chi connectivity index (χ2v) is 7.41. The third-order valence-corrected chi connectivity index (χ3v) is 5.19. The van der Waals surface area contributed by atoms with Crippen molar-refractivity contribution in [1.29, 1.82) is 0 Å². The van der Waals surface area contributed by atoms with Gasteiger partial charge in [-0.1, -0.05) is 29.8 Å².